The number of carbonyl (C=O) groups excluding carboxylic acids is 1. The molecule has 0 radical (unpaired) electrons. The lowest BCUT2D eigenvalue weighted by Crippen LogP contribution is -2.26. The number of esters is 1. The second kappa shape index (κ2) is 7.05. The van der Waals surface area contributed by atoms with Crippen molar-refractivity contribution in [3.63, 3.8) is 0 Å². The predicted molar refractivity (Wildman–Crippen MR) is 98.6 cm³/mol. The molecule has 0 unspecified atom stereocenters. The number of carbonyl (C=O) groups is 1. The van der Waals surface area contributed by atoms with Crippen molar-refractivity contribution in [1.29, 1.82) is 0 Å². The molecular formula is C20H24N2O2. The van der Waals surface area contributed by atoms with E-state index in [1.807, 2.05) is 18.2 Å². The second-order valence-electron chi connectivity index (χ2n) is 5.92. The maximum Gasteiger partial charge on any atom is 0.337 e. The molecule has 0 fully saturated rings. The number of para-hydroxylation sites is 1. The fourth-order valence-corrected chi connectivity index (χ4v) is 3.32. The Balaban J connectivity index is 2.13. The molecule has 0 atom stereocenters. The Kier molecular flexibility index (Phi) is 4.86. The van der Waals surface area contributed by atoms with Crippen molar-refractivity contribution in [2.24, 2.45) is 0 Å². The summed E-state index contributed by atoms with van der Waals surface area (Å²) in [6.45, 7) is 8.34. The van der Waals surface area contributed by atoms with Gasteiger partial charge in [0.05, 0.1) is 12.7 Å². The molecule has 0 bridgehead atoms. The molecule has 0 aliphatic carbocycles. The summed E-state index contributed by atoms with van der Waals surface area (Å²) in [7, 11) is 1.42. The smallest absolute Gasteiger partial charge is 0.337 e. The van der Waals surface area contributed by atoms with Crippen molar-refractivity contribution in [3.8, 4) is 0 Å². The fraction of sp³-hybridized carbons (Fsp3) is 0.350. The monoisotopic (exact) mass is 324 g/mol. The Morgan fingerprint density at radius 1 is 1.04 bits per heavy atom. The molecule has 126 valence electrons. The van der Waals surface area contributed by atoms with Crippen LogP contribution in [0.1, 0.15) is 24.2 Å². The first-order chi connectivity index (χ1) is 11.7. The van der Waals surface area contributed by atoms with Crippen LogP contribution in [-0.2, 0) is 11.3 Å². The number of likely N-dealkylation sites (N-methyl/N-ethyl adjacent to an activating group) is 1. The van der Waals surface area contributed by atoms with Crippen LogP contribution >= 0.6 is 0 Å². The standard InChI is InChI=1S/C20H24N2O2/c1-4-21(5-2)12-13-22-18-9-7-6-8-16(18)17-11-10-15(14-19(17)22)20(23)24-3/h6-11,14H,4-5,12-13H2,1-3H3. The summed E-state index contributed by atoms with van der Waals surface area (Å²) in [5.74, 6) is -0.294. The molecule has 1 heterocycles. The number of fused-ring (bicyclic) bond motifs is 3. The van der Waals surface area contributed by atoms with E-state index >= 15 is 0 Å². The number of hydrogen-bond acceptors (Lipinski definition) is 3. The number of benzene rings is 2. The summed E-state index contributed by atoms with van der Waals surface area (Å²) in [6.07, 6.45) is 0. The lowest BCUT2D eigenvalue weighted by molar-refractivity contribution is 0.0601. The maximum atomic E-state index is 11.9. The number of rotatable bonds is 6. The van der Waals surface area contributed by atoms with Crippen LogP contribution in [0.25, 0.3) is 21.8 Å². The van der Waals surface area contributed by atoms with Gasteiger partial charge in [0.25, 0.3) is 0 Å². The van der Waals surface area contributed by atoms with Crippen molar-refractivity contribution in [3.05, 3.63) is 48.0 Å². The minimum atomic E-state index is -0.294. The number of nitrogens with zero attached hydrogens (tertiary/aromatic N) is 2. The molecule has 0 amide bonds. The normalized spacial score (nSPS) is 11.5. The Morgan fingerprint density at radius 2 is 1.75 bits per heavy atom. The molecule has 0 N–H and O–H groups in total. The lowest BCUT2D eigenvalue weighted by atomic mass is 10.1. The first kappa shape index (κ1) is 16.5. The van der Waals surface area contributed by atoms with Crippen LogP contribution in [0, 0.1) is 0 Å². The molecular weight excluding hydrogens is 300 g/mol. The summed E-state index contributed by atoms with van der Waals surface area (Å²) in [4.78, 5) is 14.3. The fourth-order valence-electron chi connectivity index (χ4n) is 3.32. The van der Waals surface area contributed by atoms with E-state index in [-0.39, 0.29) is 5.97 Å². The quantitative estimate of drug-likeness (QED) is 0.645. The van der Waals surface area contributed by atoms with Crippen LogP contribution < -0.4 is 0 Å². The van der Waals surface area contributed by atoms with Gasteiger partial charge in [-0.2, -0.15) is 0 Å². The van der Waals surface area contributed by atoms with E-state index in [0.717, 1.165) is 31.7 Å². The summed E-state index contributed by atoms with van der Waals surface area (Å²) >= 11 is 0. The first-order valence-electron chi connectivity index (χ1n) is 8.51. The van der Waals surface area contributed by atoms with E-state index in [0.29, 0.717) is 5.56 Å². The van der Waals surface area contributed by atoms with Crippen LogP contribution in [-0.4, -0.2) is 42.2 Å². The van der Waals surface area contributed by atoms with Gasteiger partial charge in [-0.25, -0.2) is 4.79 Å². The molecule has 1 aromatic heterocycles. The van der Waals surface area contributed by atoms with E-state index < -0.39 is 0 Å². The van der Waals surface area contributed by atoms with Crippen molar-refractivity contribution >= 4 is 27.8 Å². The topological polar surface area (TPSA) is 34.5 Å². The number of hydrogen-bond donors (Lipinski definition) is 0. The zero-order valence-corrected chi connectivity index (χ0v) is 14.6. The van der Waals surface area contributed by atoms with Gasteiger partial charge in [-0.05, 0) is 31.3 Å². The van der Waals surface area contributed by atoms with Gasteiger partial charge in [0.15, 0.2) is 0 Å². The zero-order chi connectivity index (χ0) is 17.1. The molecule has 0 saturated heterocycles. The molecule has 0 aliphatic rings. The molecule has 3 aromatic rings. The Labute approximate surface area is 142 Å². The van der Waals surface area contributed by atoms with E-state index in [2.05, 4.69) is 47.6 Å². The summed E-state index contributed by atoms with van der Waals surface area (Å²) < 4.78 is 7.19. The molecule has 0 saturated carbocycles. The van der Waals surface area contributed by atoms with Crippen molar-refractivity contribution in [2.75, 3.05) is 26.7 Å². The molecule has 0 spiro atoms. The number of methoxy groups -OCH3 is 1. The average Bonchev–Trinajstić information content (AvgIpc) is 2.95. The summed E-state index contributed by atoms with van der Waals surface area (Å²) in [5, 5.41) is 2.40. The molecule has 4 nitrogen and oxygen atoms in total. The zero-order valence-electron chi connectivity index (χ0n) is 14.6. The Hall–Kier alpha value is -2.33. The van der Waals surface area contributed by atoms with E-state index in [9.17, 15) is 4.79 Å². The van der Waals surface area contributed by atoms with Gasteiger partial charge in [-0.1, -0.05) is 38.1 Å². The number of aromatic nitrogens is 1. The Morgan fingerprint density at radius 3 is 2.46 bits per heavy atom. The van der Waals surface area contributed by atoms with Gasteiger partial charge in [-0.3, -0.25) is 0 Å². The first-order valence-corrected chi connectivity index (χ1v) is 8.51. The van der Waals surface area contributed by atoms with E-state index in [1.165, 1.54) is 23.4 Å². The van der Waals surface area contributed by atoms with Crippen LogP contribution in [0.2, 0.25) is 0 Å². The van der Waals surface area contributed by atoms with Gasteiger partial charge in [-0.15, -0.1) is 0 Å². The van der Waals surface area contributed by atoms with Gasteiger partial charge < -0.3 is 14.2 Å². The van der Waals surface area contributed by atoms with E-state index in [4.69, 9.17) is 4.74 Å². The minimum absolute atomic E-state index is 0.294. The summed E-state index contributed by atoms with van der Waals surface area (Å²) in [5.41, 5.74) is 2.89. The van der Waals surface area contributed by atoms with Crippen LogP contribution in [0.15, 0.2) is 42.5 Å². The predicted octanol–water partition coefficient (Wildman–Crippen LogP) is 3.92. The van der Waals surface area contributed by atoms with Crippen molar-refractivity contribution in [1.82, 2.24) is 9.47 Å². The highest BCUT2D eigenvalue weighted by Crippen LogP contribution is 2.29. The van der Waals surface area contributed by atoms with Crippen LogP contribution in [0.4, 0.5) is 0 Å². The van der Waals surface area contributed by atoms with Gasteiger partial charge in [0.1, 0.15) is 0 Å². The van der Waals surface area contributed by atoms with Gasteiger partial charge in [0, 0.05) is 34.9 Å². The third-order valence-electron chi connectivity index (χ3n) is 4.73. The highest BCUT2D eigenvalue weighted by Gasteiger charge is 2.14. The SMILES string of the molecule is CCN(CC)CCn1c2ccccc2c2ccc(C(=O)OC)cc21. The third kappa shape index (κ3) is 2.89. The highest BCUT2D eigenvalue weighted by atomic mass is 16.5. The molecule has 4 heteroatoms. The number of ether oxygens (including phenoxy) is 1. The second-order valence-corrected chi connectivity index (χ2v) is 5.92. The minimum Gasteiger partial charge on any atom is -0.465 e. The lowest BCUT2D eigenvalue weighted by Gasteiger charge is -2.19. The largest absolute Gasteiger partial charge is 0.465 e. The average molecular weight is 324 g/mol. The molecule has 3 rings (SSSR count). The summed E-state index contributed by atoms with van der Waals surface area (Å²) in [6, 6.07) is 14.2. The van der Waals surface area contributed by atoms with E-state index in [1.54, 1.807) is 0 Å². The van der Waals surface area contributed by atoms with Gasteiger partial charge >= 0.3 is 5.97 Å². The van der Waals surface area contributed by atoms with Crippen LogP contribution in [0.5, 0.6) is 0 Å². The highest BCUT2D eigenvalue weighted by molar-refractivity contribution is 6.09. The van der Waals surface area contributed by atoms with Crippen LogP contribution in [0.3, 0.4) is 0 Å². The molecule has 24 heavy (non-hydrogen) atoms. The third-order valence-corrected chi connectivity index (χ3v) is 4.73. The Bertz CT molecular complexity index is 863. The van der Waals surface area contributed by atoms with Crippen molar-refractivity contribution in [2.45, 2.75) is 20.4 Å². The maximum absolute atomic E-state index is 11.9. The molecule has 2 aromatic carbocycles. The molecule has 0 aliphatic heterocycles. The van der Waals surface area contributed by atoms with Crippen molar-refractivity contribution < 1.29 is 9.53 Å². The van der Waals surface area contributed by atoms with Gasteiger partial charge in [0.2, 0.25) is 0 Å².